The van der Waals surface area contributed by atoms with E-state index in [-0.39, 0.29) is 5.91 Å². The molecule has 0 bridgehead atoms. The van der Waals surface area contributed by atoms with Gasteiger partial charge in [0.2, 0.25) is 5.91 Å². The van der Waals surface area contributed by atoms with Crippen LogP contribution in [0.15, 0.2) is 0 Å². The first-order chi connectivity index (χ1) is 6.83. The van der Waals surface area contributed by atoms with E-state index in [9.17, 15) is 4.79 Å². The molecule has 0 aromatic carbocycles. The van der Waals surface area contributed by atoms with Crippen LogP contribution in [0.3, 0.4) is 0 Å². The third kappa shape index (κ3) is 4.58. The molecular formula is C10H20N2O2. The quantitative estimate of drug-likeness (QED) is 0.646. The van der Waals surface area contributed by atoms with E-state index in [0.717, 1.165) is 19.5 Å². The van der Waals surface area contributed by atoms with Crippen LogP contribution in [0.4, 0.5) is 0 Å². The van der Waals surface area contributed by atoms with Gasteiger partial charge in [0.25, 0.3) is 0 Å². The van der Waals surface area contributed by atoms with Crippen molar-refractivity contribution in [1.29, 1.82) is 0 Å². The molecular weight excluding hydrogens is 180 g/mol. The largest absolute Gasteiger partial charge is 0.317 e. The van der Waals surface area contributed by atoms with Crippen LogP contribution in [-0.2, 0) is 9.63 Å². The molecule has 14 heavy (non-hydrogen) atoms. The predicted molar refractivity (Wildman–Crippen MR) is 54.6 cm³/mol. The van der Waals surface area contributed by atoms with Crippen molar-refractivity contribution in [2.75, 3.05) is 19.7 Å². The van der Waals surface area contributed by atoms with Crippen LogP contribution in [0.5, 0.6) is 0 Å². The zero-order valence-corrected chi connectivity index (χ0v) is 8.84. The topological polar surface area (TPSA) is 50.4 Å². The van der Waals surface area contributed by atoms with Crippen molar-refractivity contribution in [3.63, 3.8) is 0 Å². The molecule has 1 amide bonds. The van der Waals surface area contributed by atoms with Gasteiger partial charge in [0.05, 0.1) is 6.61 Å². The van der Waals surface area contributed by atoms with Crippen molar-refractivity contribution in [3.05, 3.63) is 0 Å². The Bertz CT molecular complexity index is 168. The van der Waals surface area contributed by atoms with E-state index in [1.54, 1.807) is 0 Å². The summed E-state index contributed by atoms with van der Waals surface area (Å²) >= 11 is 0. The Kier molecular flexibility index (Phi) is 5.56. The van der Waals surface area contributed by atoms with Crippen LogP contribution in [0, 0.1) is 5.92 Å². The number of rotatable bonds is 5. The normalized spacial score (nSPS) is 18.1. The molecule has 1 fully saturated rings. The smallest absolute Gasteiger partial charge is 0.243 e. The molecule has 0 unspecified atom stereocenters. The van der Waals surface area contributed by atoms with E-state index in [1.165, 1.54) is 12.8 Å². The highest BCUT2D eigenvalue weighted by atomic mass is 16.6. The second-order valence-corrected chi connectivity index (χ2v) is 3.69. The Morgan fingerprint density at radius 1 is 1.50 bits per heavy atom. The van der Waals surface area contributed by atoms with Gasteiger partial charge in [0.15, 0.2) is 0 Å². The third-order valence-corrected chi connectivity index (χ3v) is 2.57. The second kappa shape index (κ2) is 6.79. The van der Waals surface area contributed by atoms with Gasteiger partial charge in [-0.2, -0.15) is 0 Å². The highest BCUT2D eigenvalue weighted by Crippen LogP contribution is 2.17. The van der Waals surface area contributed by atoms with Gasteiger partial charge in [-0.15, -0.1) is 0 Å². The second-order valence-electron chi connectivity index (χ2n) is 3.69. The summed E-state index contributed by atoms with van der Waals surface area (Å²) in [6, 6.07) is 0. The Balaban J connectivity index is 2.03. The fourth-order valence-electron chi connectivity index (χ4n) is 1.71. The minimum atomic E-state index is 0.00498. The van der Waals surface area contributed by atoms with Gasteiger partial charge < -0.3 is 5.32 Å². The van der Waals surface area contributed by atoms with Crippen molar-refractivity contribution in [1.82, 2.24) is 10.8 Å². The van der Waals surface area contributed by atoms with E-state index >= 15 is 0 Å². The number of hydroxylamine groups is 1. The molecule has 82 valence electrons. The molecule has 4 heteroatoms. The van der Waals surface area contributed by atoms with Crippen molar-refractivity contribution in [2.24, 2.45) is 5.92 Å². The lowest BCUT2D eigenvalue weighted by Gasteiger charge is -2.21. The SMILES string of the molecule is CCONC(=O)CCC1CCNCC1. The minimum absolute atomic E-state index is 0.00498. The summed E-state index contributed by atoms with van der Waals surface area (Å²) in [5.41, 5.74) is 2.42. The maximum atomic E-state index is 11.2. The summed E-state index contributed by atoms with van der Waals surface area (Å²) in [4.78, 5) is 16.0. The van der Waals surface area contributed by atoms with Gasteiger partial charge in [0, 0.05) is 6.42 Å². The van der Waals surface area contributed by atoms with Crippen molar-refractivity contribution in [2.45, 2.75) is 32.6 Å². The van der Waals surface area contributed by atoms with E-state index in [4.69, 9.17) is 4.84 Å². The standard InChI is InChI=1S/C10H20N2O2/c1-2-14-12-10(13)4-3-9-5-7-11-8-6-9/h9,11H,2-8H2,1H3,(H,12,13). The number of hydrogen-bond donors (Lipinski definition) is 2. The molecule has 1 aliphatic rings. The van der Waals surface area contributed by atoms with Crippen molar-refractivity contribution in [3.8, 4) is 0 Å². The molecule has 1 aliphatic heterocycles. The Morgan fingerprint density at radius 3 is 2.86 bits per heavy atom. The summed E-state index contributed by atoms with van der Waals surface area (Å²) in [5, 5.41) is 3.31. The monoisotopic (exact) mass is 200 g/mol. The van der Waals surface area contributed by atoms with E-state index in [1.807, 2.05) is 6.92 Å². The molecule has 4 nitrogen and oxygen atoms in total. The molecule has 0 atom stereocenters. The van der Waals surface area contributed by atoms with Crippen LogP contribution in [0.25, 0.3) is 0 Å². The molecule has 0 radical (unpaired) electrons. The van der Waals surface area contributed by atoms with Crippen LogP contribution < -0.4 is 10.8 Å². The Hall–Kier alpha value is -0.610. The summed E-state index contributed by atoms with van der Waals surface area (Å²) in [5.74, 6) is 0.717. The lowest BCUT2D eigenvalue weighted by atomic mass is 9.93. The van der Waals surface area contributed by atoms with Crippen LogP contribution in [-0.4, -0.2) is 25.6 Å². The average molecular weight is 200 g/mol. The number of nitrogens with one attached hydrogen (secondary N) is 2. The van der Waals surface area contributed by atoms with Gasteiger partial charge in [0.1, 0.15) is 0 Å². The first-order valence-corrected chi connectivity index (χ1v) is 5.44. The van der Waals surface area contributed by atoms with Gasteiger partial charge in [-0.05, 0) is 45.2 Å². The summed E-state index contributed by atoms with van der Waals surface area (Å²) < 4.78 is 0. The first-order valence-electron chi connectivity index (χ1n) is 5.44. The number of carbonyl (C=O) groups is 1. The maximum Gasteiger partial charge on any atom is 0.243 e. The van der Waals surface area contributed by atoms with Crippen LogP contribution >= 0.6 is 0 Å². The number of amides is 1. The van der Waals surface area contributed by atoms with E-state index in [2.05, 4.69) is 10.8 Å². The maximum absolute atomic E-state index is 11.2. The number of carbonyl (C=O) groups excluding carboxylic acids is 1. The minimum Gasteiger partial charge on any atom is -0.317 e. The van der Waals surface area contributed by atoms with E-state index in [0.29, 0.717) is 18.9 Å². The molecule has 0 saturated carbocycles. The molecule has 0 spiro atoms. The zero-order valence-electron chi connectivity index (χ0n) is 8.84. The highest BCUT2D eigenvalue weighted by Gasteiger charge is 2.14. The van der Waals surface area contributed by atoms with Crippen molar-refractivity contribution < 1.29 is 9.63 Å². The lowest BCUT2D eigenvalue weighted by Crippen LogP contribution is -2.29. The van der Waals surface area contributed by atoms with Gasteiger partial charge in [-0.1, -0.05) is 0 Å². The molecule has 2 N–H and O–H groups in total. The molecule has 1 heterocycles. The van der Waals surface area contributed by atoms with Crippen LogP contribution in [0.2, 0.25) is 0 Å². The average Bonchev–Trinajstić information content (AvgIpc) is 2.25. The fourth-order valence-corrected chi connectivity index (χ4v) is 1.71. The summed E-state index contributed by atoms with van der Waals surface area (Å²) in [7, 11) is 0. The molecule has 0 aliphatic carbocycles. The summed E-state index contributed by atoms with van der Waals surface area (Å²) in [6.07, 6.45) is 3.97. The van der Waals surface area contributed by atoms with Crippen molar-refractivity contribution >= 4 is 5.91 Å². The van der Waals surface area contributed by atoms with Crippen LogP contribution in [0.1, 0.15) is 32.6 Å². The lowest BCUT2D eigenvalue weighted by molar-refractivity contribution is -0.133. The van der Waals surface area contributed by atoms with Gasteiger partial charge >= 0.3 is 0 Å². The van der Waals surface area contributed by atoms with E-state index < -0.39 is 0 Å². The Morgan fingerprint density at radius 2 is 2.21 bits per heavy atom. The molecule has 1 rings (SSSR count). The molecule has 1 saturated heterocycles. The Labute approximate surface area is 85.3 Å². The molecule has 0 aromatic rings. The zero-order chi connectivity index (χ0) is 10.2. The fraction of sp³-hybridized carbons (Fsp3) is 0.900. The predicted octanol–water partition coefficient (Wildman–Crippen LogP) is 0.834. The van der Waals surface area contributed by atoms with Gasteiger partial charge in [-0.25, -0.2) is 5.48 Å². The summed E-state index contributed by atoms with van der Waals surface area (Å²) in [6.45, 7) is 4.57. The molecule has 0 aromatic heterocycles. The highest BCUT2D eigenvalue weighted by molar-refractivity contribution is 5.74. The number of piperidine rings is 1. The van der Waals surface area contributed by atoms with Gasteiger partial charge in [-0.3, -0.25) is 9.63 Å². The third-order valence-electron chi connectivity index (χ3n) is 2.57. The number of hydrogen-bond acceptors (Lipinski definition) is 3. The first kappa shape index (κ1) is 11.5.